The minimum absolute atomic E-state index is 0.135. The minimum atomic E-state index is -0.927. The highest BCUT2D eigenvalue weighted by Gasteiger charge is 2.38. The highest BCUT2D eigenvalue weighted by atomic mass is 16.7. The molecule has 3 N–H and O–H groups in total. The van der Waals surface area contributed by atoms with Crippen LogP contribution < -0.4 is 0 Å². The number of para-hydroxylation sites is 1. The molecule has 1 aliphatic rings. The fraction of sp³-hybridized carbons (Fsp3) is 0.545. The predicted octanol–water partition coefficient (Wildman–Crippen LogP) is 3.24. The Morgan fingerprint density at radius 3 is 2.83 bits per heavy atom. The number of unbranched alkanes of at least 4 members (excludes halogenated alkanes) is 1. The Bertz CT molecular complexity index is 864. The molecule has 1 fully saturated rings. The van der Waals surface area contributed by atoms with Crippen LogP contribution in [0.25, 0.3) is 10.9 Å². The lowest BCUT2D eigenvalue weighted by molar-refractivity contribution is -0.273. The molecule has 5 atom stereocenters. The van der Waals surface area contributed by atoms with Crippen molar-refractivity contribution in [3.63, 3.8) is 0 Å². The highest BCUT2D eigenvalue weighted by Crippen LogP contribution is 2.27. The van der Waals surface area contributed by atoms with E-state index in [0.29, 0.717) is 18.4 Å². The number of aliphatic carboxylic acids is 1. The first-order chi connectivity index (χ1) is 14.3. The smallest absolute Gasteiger partial charge is 0.340 e. The molecule has 2 unspecified atom stereocenters. The number of carbonyl (C=O) groups excluding carboxylic acids is 1. The van der Waals surface area contributed by atoms with Crippen LogP contribution in [0.4, 0.5) is 0 Å². The molecular weight excluding hydrogens is 390 g/mol. The Kier molecular flexibility index (Phi) is 7.47. The second-order valence-corrected chi connectivity index (χ2v) is 7.79. The summed E-state index contributed by atoms with van der Waals surface area (Å²) in [6, 6.07) is 7.47. The van der Waals surface area contributed by atoms with Crippen LogP contribution in [0.1, 0.15) is 56.3 Å². The molecule has 0 spiro atoms. The topological polar surface area (TPSA) is 118 Å². The van der Waals surface area contributed by atoms with E-state index in [1.54, 1.807) is 13.1 Å². The fourth-order valence-corrected chi connectivity index (χ4v) is 3.64. The summed E-state index contributed by atoms with van der Waals surface area (Å²) in [4.78, 5) is 26.3. The van der Waals surface area contributed by atoms with Crippen LogP contribution in [0.3, 0.4) is 0 Å². The first-order valence-electron chi connectivity index (χ1n) is 10.3. The molecule has 1 saturated heterocycles. The van der Waals surface area contributed by atoms with Gasteiger partial charge in [0.25, 0.3) is 0 Å². The molecule has 3 rings (SSSR count). The number of rotatable bonds is 9. The standard InChI is InChI=1S/C22H29NO7/c1-13(7-3-6-10-20(25)26)28-22-18(24)11-19(14(2)29-22)30-21(27)16-12-23-17-9-5-4-8-15(16)17/h4-5,8-9,12-14,18-19,22-24H,3,6-7,10-11H2,1-2H3,(H,25,26)/t13-,14?,18?,19-,22-/m1/s1. The van der Waals surface area contributed by atoms with Gasteiger partial charge in [-0.25, -0.2) is 4.79 Å². The van der Waals surface area contributed by atoms with Gasteiger partial charge < -0.3 is 29.4 Å². The molecule has 1 aromatic carbocycles. The van der Waals surface area contributed by atoms with E-state index in [2.05, 4.69) is 4.98 Å². The summed E-state index contributed by atoms with van der Waals surface area (Å²) in [5.41, 5.74) is 1.30. The van der Waals surface area contributed by atoms with Crippen molar-refractivity contribution in [1.82, 2.24) is 4.98 Å². The van der Waals surface area contributed by atoms with Crippen molar-refractivity contribution in [2.75, 3.05) is 0 Å². The number of aliphatic hydroxyl groups excluding tert-OH is 1. The monoisotopic (exact) mass is 419 g/mol. The van der Waals surface area contributed by atoms with Crippen LogP contribution in [0, 0.1) is 0 Å². The van der Waals surface area contributed by atoms with E-state index in [-0.39, 0.29) is 18.9 Å². The second kappa shape index (κ2) is 10.1. The summed E-state index contributed by atoms with van der Waals surface area (Å²) in [6.45, 7) is 3.65. The lowest BCUT2D eigenvalue weighted by Gasteiger charge is -2.38. The number of carboxylic acid groups (broad SMARTS) is 1. The van der Waals surface area contributed by atoms with Gasteiger partial charge in [0.05, 0.1) is 17.8 Å². The molecule has 8 heteroatoms. The van der Waals surface area contributed by atoms with Gasteiger partial charge in [0.15, 0.2) is 6.29 Å². The minimum Gasteiger partial charge on any atom is -0.481 e. The van der Waals surface area contributed by atoms with Crippen LogP contribution in [0.15, 0.2) is 30.5 Å². The van der Waals surface area contributed by atoms with Crippen LogP contribution >= 0.6 is 0 Å². The number of aromatic nitrogens is 1. The Morgan fingerprint density at radius 1 is 1.30 bits per heavy atom. The number of fused-ring (bicyclic) bond motifs is 1. The van der Waals surface area contributed by atoms with Gasteiger partial charge in [-0.15, -0.1) is 0 Å². The van der Waals surface area contributed by atoms with E-state index in [4.69, 9.17) is 19.3 Å². The number of hydrogen-bond donors (Lipinski definition) is 3. The summed E-state index contributed by atoms with van der Waals surface area (Å²) < 4.78 is 17.2. The lowest BCUT2D eigenvalue weighted by atomic mass is 10.0. The third-order valence-corrected chi connectivity index (χ3v) is 5.35. The molecule has 0 bridgehead atoms. The quantitative estimate of drug-likeness (QED) is 0.422. The van der Waals surface area contributed by atoms with Crippen molar-refractivity contribution >= 4 is 22.8 Å². The van der Waals surface area contributed by atoms with Crippen LogP contribution in [0.5, 0.6) is 0 Å². The van der Waals surface area contributed by atoms with E-state index in [1.165, 1.54) is 0 Å². The highest BCUT2D eigenvalue weighted by molar-refractivity contribution is 6.04. The van der Waals surface area contributed by atoms with E-state index >= 15 is 0 Å². The third kappa shape index (κ3) is 5.59. The first-order valence-corrected chi connectivity index (χ1v) is 10.3. The Morgan fingerprint density at radius 2 is 2.07 bits per heavy atom. The zero-order valence-electron chi connectivity index (χ0n) is 17.2. The molecule has 0 amide bonds. The number of nitrogens with one attached hydrogen (secondary N) is 1. The summed E-state index contributed by atoms with van der Waals surface area (Å²) >= 11 is 0. The molecular formula is C22H29NO7. The van der Waals surface area contributed by atoms with Crippen LogP contribution in [-0.4, -0.2) is 57.8 Å². The fourth-order valence-electron chi connectivity index (χ4n) is 3.64. The molecule has 0 saturated carbocycles. The lowest BCUT2D eigenvalue weighted by Crippen LogP contribution is -2.49. The number of carbonyl (C=O) groups is 2. The number of H-pyrrole nitrogens is 1. The van der Waals surface area contributed by atoms with Gasteiger partial charge in [0, 0.05) is 29.9 Å². The summed E-state index contributed by atoms with van der Waals surface area (Å²) in [6.07, 6.45) is 0.996. The van der Waals surface area contributed by atoms with E-state index in [1.807, 2.05) is 31.2 Å². The average molecular weight is 419 g/mol. The summed E-state index contributed by atoms with van der Waals surface area (Å²) in [5.74, 6) is -1.28. The SMILES string of the molecule is CC1O[C@@H](O[C@H](C)CCCCC(=O)O)C(O)C[C@H]1OC(=O)c1c[nH]c2ccccc12. The van der Waals surface area contributed by atoms with Crippen molar-refractivity contribution in [2.45, 2.75) is 76.7 Å². The molecule has 164 valence electrons. The third-order valence-electron chi connectivity index (χ3n) is 5.35. The molecule has 1 aromatic heterocycles. The van der Waals surface area contributed by atoms with Crippen molar-refractivity contribution in [2.24, 2.45) is 0 Å². The van der Waals surface area contributed by atoms with Crippen LogP contribution in [-0.2, 0) is 19.0 Å². The Hall–Kier alpha value is -2.42. The van der Waals surface area contributed by atoms with E-state index in [9.17, 15) is 14.7 Å². The Balaban J connectivity index is 1.50. The molecule has 0 aliphatic carbocycles. The molecule has 1 aliphatic heterocycles. The first kappa shape index (κ1) is 22.3. The van der Waals surface area contributed by atoms with Gasteiger partial charge in [0.1, 0.15) is 12.2 Å². The average Bonchev–Trinajstić information content (AvgIpc) is 3.13. The maximum Gasteiger partial charge on any atom is 0.340 e. The van der Waals surface area contributed by atoms with Crippen molar-refractivity contribution in [3.8, 4) is 0 Å². The largest absolute Gasteiger partial charge is 0.481 e. The number of aromatic amines is 1. The number of benzene rings is 1. The summed E-state index contributed by atoms with van der Waals surface area (Å²) in [7, 11) is 0. The maximum atomic E-state index is 12.6. The molecule has 2 heterocycles. The number of esters is 1. The van der Waals surface area contributed by atoms with Crippen molar-refractivity contribution in [3.05, 3.63) is 36.0 Å². The number of ether oxygens (including phenoxy) is 3. The molecule has 0 radical (unpaired) electrons. The van der Waals surface area contributed by atoms with Gasteiger partial charge in [-0.05, 0) is 32.8 Å². The van der Waals surface area contributed by atoms with Gasteiger partial charge in [-0.2, -0.15) is 0 Å². The zero-order chi connectivity index (χ0) is 21.7. The van der Waals surface area contributed by atoms with Crippen molar-refractivity contribution < 1.29 is 34.0 Å². The number of hydrogen-bond acceptors (Lipinski definition) is 6. The predicted molar refractivity (Wildman–Crippen MR) is 109 cm³/mol. The molecule has 2 aromatic rings. The maximum absolute atomic E-state index is 12.6. The van der Waals surface area contributed by atoms with Crippen molar-refractivity contribution in [1.29, 1.82) is 0 Å². The zero-order valence-corrected chi connectivity index (χ0v) is 17.2. The Labute approximate surface area is 175 Å². The summed E-state index contributed by atoms with van der Waals surface area (Å²) in [5, 5.41) is 19.9. The number of aliphatic hydroxyl groups is 1. The normalized spacial score (nSPS) is 25.2. The second-order valence-electron chi connectivity index (χ2n) is 7.79. The molecule has 30 heavy (non-hydrogen) atoms. The number of carboxylic acids is 1. The van der Waals surface area contributed by atoms with Gasteiger partial charge in [-0.3, -0.25) is 4.79 Å². The van der Waals surface area contributed by atoms with E-state index < -0.39 is 36.5 Å². The van der Waals surface area contributed by atoms with Gasteiger partial charge >= 0.3 is 11.9 Å². The van der Waals surface area contributed by atoms with Crippen LogP contribution in [0.2, 0.25) is 0 Å². The van der Waals surface area contributed by atoms with E-state index in [0.717, 1.165) is 17.3 Å². The van der Waals surface area contributed by atoms with Gasteiger partial charge in [-0.1, -0.05) is 24.6 Å². The molecule has 8 nitrogen and oxygen atoms in total. The van der Waals surface area contributed by atoms with Gasteiger partial charge in [0.2, 0.25) is 0 Å².